The summed E-state index contributed by atoms with van der Waals surface area (Å²) in [7, 11) is 0. The highest BCUT2D eigenvalue weighted by molar-refractivity contribution is 7.98. The Bertz CT molecular complexity index is 424. The molecular formula is C10H14N4O3S. The number of carbonyl (C=O) groups excluding carboxylic acids is 1. The Balaban J connectivity index is 2.55. The highest BCUT2D eigenvalue weighted by Crippen LogP contribution is 2.07. The summed E-state index contributed by atoms with van der Waals surface area (Å²) in [6, 6.07) is -0.997. The maximum atomic E-state index is 10.9. The third kappa shape index (κ3) is 4.68. The molecule has 1 atom stereocenters. The topological polar surface area (TPSA) is 118 Å². The zero-order valence-corrected chi connectivity index (χ0v) is 10.6. The van der Waals surface area contributed by atoms with Gasteiger partial charge >= 0.3 is 5.97 Å². The standard InChI is InChI=1S/C10H14N4O3S/c1-18-10-13-4-6(5-14-10)3-12-7(9(16)17)2-8(11)15/h4-5,7,12H,2-3H2,1H3,(H2,11,15)(H,16,17). The van der Waals surface area contributed by atoms with Crippen LogP contribution >= 0.6 is 11.8 Å². The van der Waals surface area contributed by atoms with Crippen molar-refractivity contribution in [3.05, 3.63) is 18.0 Å². The normalized spacial score (nSPS) is 12.1. The second kappa shape index (κ2) is 6.92. The lowest BCUT2D eigenvalue weighted by molar-refractivity contribution is -0.141. The van der Waals surface area contributed by atoms with Crippen molar-refractivity contribution >= 4 is 23.6 Å². The van der Waals surface area contributed by atoms with Gasteiger partial charge in [-0.25, -0.2) is 9.97 Å². The van der Waals surface area contributed by atoms with E-state index in [1.54, 1.807) is 12.4 Å². The van der Waals surface area contributed by atoms with Crippen LogP contribution < -0.4 is 11.1 Å². The van der Waals surface area contributed by atoms with Gasteiger partial charge in [0.25, 0.3) is 0 Å². The number of nitrogens with zero attached hydrogens (tertiary/aromatic N) is 2. The fourth-order valence-corrected chi connectivity index (χ4v) is 1.54. The van der Waals surface area contributed by atoms with Crippen LogP contribution in [0.25, 0.3) is 0 Å². The van der Waals surface area contributed by atoms with Crippen molar-refractivity contribution < 1.29 is 14.7 Å². The van der Waals surface area contributed by atoms with Gasteiger partial charge in [-0.3, -0.25) is 14.9 Å². The first kappa shape index (κ1) is 14.4. The molecule has 0 aliphatic heterocycles. The molecule has 1 rings (SSSR count). The minimum atomic E-state index is -1.12. The van der Waals surface area contributed by atoms with Gasteiger partial charge in [0.1, 0.15) is 6.04 Å². The predicted octanol–water partition coefficient (Wildman–Crippen LogP) is -0.383. The van der Waals surface area contributed by atoms with Crippen molar-refractivity contribution in [2.75, 3.05) is 6.26 Å². The van der Waals surface area contributed by atoms with Gasteiger partial charge in [-0.05, 0) is 6.26 Å². The molecule has 0 saturated heterocycles. The van der Waals surface area contributed by atoms with E-state index in [9.17, 15) is 9.59 Å². The van der Waals surface area contributed by atoms with Crippen molar-refractivity contribution in [1.29, 1.82) is 0 Å². The number of thioether (sulfide) groups is 1. The Hall–Kier alpha value is -1.67. The number of amides is 1. The SMILES string of the molecule is CSc1ncc(CNC(CC(N)=O)C(=O)O)cn1. The Morgan fingerprint density at radius 2 is 2.11 bits per heavy atom. The number of aliphatic carboxylic acids is 1. The maximum Gasteiger partial charge on any atom is 0.321 e. The Kier molecular flexibility index (Phi) is 5.53. The van der Waals surface area contributed by atoms with Gasteiger partial charge in [-0.2, -0.15) is 0 Å². The van der Waals surface area contributed by atoms with E-state index in [4.69, 9.17) is 10.8 Å². The number of carboxylic acids is 1. The van der Waals surface area contributed by atoms with Crippen molar-refractivity contribution in [2.45, 2.75) is 24.2 Å². The van der Waals surface area contributed by atoms with Crippen LogP contribution in [0.5, 0.6) is 0 Å². The van der Waals surface area contributed by atoms with Gasteiger partial charge in [0.2, 0.25) is 5.91 Å². The second-order valence-electron chi connectivity index (χ2n) is 3.52. The van der Waals surface area contributed by atoms with Crippen LogP contribution in [0.2, 0.25) is 0 Å². The molecule has 18 heavy (non-hydrogen) atoms. The summed E-state index contributed by atoms with van der Waals surface area (Å²) < 4.78 is 0. The largest absolute Gasteiger partial charge is 0.480 e. The van der Waals surface area contributed by atoms with E-state index in [1.165, 1.54) is 11.8 Å². The monoisotopic (exact) mass is 270 g/mol. The first-order chi connectivity index (χ1) is 8.52. The van der Waals surface area contributed by atoms with E-state index >= 15 is 0 Å². The summed E-state index contributed by atoms with van der Waals surface area (Å²) in [5.74, 6) is -1.78. The highest BCUT2D eigenvalue weighted by Gasteiger charge is 2.19. The molecule has 0 aliphatic rings. The lowest BCUT2D eigenvalue weighted by atomic mass is 10.2. The van der Waals surface area contributed by atoms with Crippen LogP contribution in [0.3, 0.4) is 0 Å². The summed E-state index contributed by atoms with van der Waals surface area (Å²) in [5, 5.41) is 12.2. The lowest BCUT2D eigenvalue weighted by Crippen LogP contribution is -2.39. The number of nitrogens with two attached hydrogens (primary N) is 1. The molecule has 1 amide bonds. The number of rotatable bonds is 7. The quantitative estimate of drug-likeness (QED) is 0.456. The first-order valence-electron chi connectivity index (χ1n) is 5.12. The average molecular weight is 270 g/mol. The molecule has 0 saturated carbocycles. The molecule has 1 aromatic rings. The zero-order valence-electron chi connectivity index (χ0n) is 9.79. The molecule has 4 N–H and O–H groups in total. The van der Waals surface area contributed by atoms with Gasteiger partial charge in [-0.15, -0.1) is 0 Å². The molecule has 0 radical (unpaired) electrons. The number of nitrogens with one attached hydrogen (secondary N) is 1. The molecule has 1 aromatic heterocycles. The van der Waals surface area contributed by atoms with E-state index in [-0.39, 0.29) is 13.0 Å². The summed E-state index contributed by atoms with van der Waals surface area (Å²) in [6.45, 7) is 0.263. The maximum absolute atomic E-state index is 10.9. The number of aromatic nitrogens is 2. The third-order valence-electron chi connectivity index (χ3n) is 2.12. The molecule has 0 fully saturated rings. The average Bonchev–Trinajstić information content (AvgIpc) is 2.34. The predicted molar refractivity (Wildman–Crippen MR) is 65.9 cm³/mol. The number of carboxylic acid groups (broad SMARTS) is 1. The smallest absolute Gasteiger partial charge is 0.321 e. The molecule has 1 unspecified atom stereocenters. The minimum Gasteiger partial charge on any atom is -0.480 e. The Morgan fingerprint density at radius 1 is 1.50 bits per heavy atom. The van der Waals surface area contributed by atoms with Crippen LogP contribution in [0.4, 0.5) is 0 Å². The number of hydrogen-bond donors (Lipinski definition) is 3. The second-order valence-corrected chi connectivity index (χ2v) is 4.29. The van der Waals surface area contributed by atoms with Gasteiger partial charge in [-0.1, -0.05) is 11.8 Å². The summed E-state index contributed by atoms with van der Waals surface area (Å²) >= 11 is 1.42. The zero-order chi connectivity index (χ0) is 13.5. The van der Waals surface area contributed by atoms with Crippen molar-refractivity contribution in [2.24, 2.45) is 5.73 Å². The van der Waals surface area contributed by atoms with Gasteiger partial charge in [0.15, 0.2) is 5.16 Å². The molecule has 0 bridgehead atoms. The van der Waals surface area contributed by atoms with Gasteiger partial charge in [0.05, 0.1) is 6.42 Å². The third-order valence-corrected chi connectivity index (χ3v) is 2.70. The van der Waals surface area contributed by atoms with E-state index in [0.29, 0.717) is 5.16 Å². The lowest BCUT2D eigenvalue weighted by Gasteiger charge is -2.12. The van der Waals surface area contributed by atoms with E-state index in [0.717, 1.165) is 5.56 Å². The molecule has 0 spiro atoms. The molecule has 1 heterocycles. The minimum absolute atomic E-state index is 0.251. The molecule has 8 heteroatoms. The van der Waals surface area contributed by atoms with Gasteiger partial charge < -0.3 is 10.8 Å². The van der Waals surface area contributed by atoms with Crippen molar-refractivity contribution in [3.8, 4) is 0 Å². The summed E-state index contributed by atoms with van der Waals surface area (Å²) in [5.41, 5.74) is 5.71. The number of primary amides is 1. The fraction of sp³-hybridized carbons (Fsp3) is 0.400. The molecule has 0 aromatic carbocycles. The molecule has 0 aliphatic carbocycles. The van der Waals surface area contributed by atoms with E-state index < -0.39 is 17.9 Å². The van der Waals surface area contributed by atoms with Crippen LogP contribution in [0.1, 0.15) is 12.0 Å². The van der Waals surface area contributed by atoms with Crippen LogP contribution in [-0.4, -0.2) is 39.2 Å². The van der Waals surface area contributed by atoms with E-state index in [2.05, 4.69) is 15.3 Å². The molecule has 7 nitrogen and oxygen atoms in total. The summed E-state index contributed by atoms with van der Waals surface area (Å²) in [4.78, 5) is 29.7. The number of carbonyl (C=O) groups is 2. The fourth-order valence-electron chi connectivity index (χ4n) is 1.23. The molecular weight excluding hydrogens is 256 g/mol. The van der Waals surface area contributed by atoms with E-state index in [1.807, 2.05) is 6.26 Å². The first-order valence-corrected chi connectivity index (χ1v) is 6.34. The van der Waals surface area contributed by atoms with Crippen LogP contribution in [0, 0.1) is 0 Å². The highest BCUT2D eigenvalue weighted by atomic mass is 32.2. The Labute approximate surface area is 108 Å². The van der Waals surface area contributed by atoms with Gasteiger partial charge in [0, 0.05) is 24.5 Å². The van der Waals surface area contributed by atoms with Crippen molar-refractivity contribution in [3.63, 3.8) is 0 Å². The van der Waals surface area contributed by atoms with Crippen molar-refractivity contribution in [1.82, 2.24) is 15.3 Å². The number of hydrogen-bond acceptors (Lipinski definition) is 6. The summed E-state index contributed by atoms with van der Waals surface area (Å²) in [6.07, 6.45) is 4.82. The van der Waals surface area contributed by atoms with Crippen LogP contribution in [0.15, 0.2) is 17.6 Å². The Morgan fingerprint density at radius 3 is 2.56 bits per heavy atom. The molecule has 98 valence electrons. The van der Waals surface area contributed by atoms with Crippen LogP contribution in [-0.2, 0) is 16.1 Å².